The van der Waals surface area contributed by atoms with Gasteiger partial charge in [0, 0.05) is 17.7 Å². The minimum absolute atomic E-state index is 0.166. The Morgan fingerprint density at radius 2 is 1.69 bits per heavy atom. The number of amides is 2. The highest BCUT2D eigenvalue weighted by atomic mass is 16.5. The molecule has 0 radical (unpaired) electrons. The van der Waals surface area contributed by atoms with E-state index in [0.29, 0.717) is 40.1 Å². The first-order chi connectivity index (χ1) is 17.4. The van der Waals surface area contributed by atoms with Gasteiger partial charge in [-0.05, 0) is 60.5 Å². The molecule has 8 nitrogen and oxygen atoms in total. The van der Waals surface area contributed by atoms with Crippen LogP contribution in [0.1, 0.15) is 25.8 Å². The van der Waals surface area contributed by atoms with Crippen LogP contribution < -0.4 is 20.9 Å². The predicted octanol–water partition coefficient (Wildman–Crippen LogP) is 4.62. The number of anilines is 2. The number of rotatable bonds is 8. The number of hydrogen-bond acceptors (Lipinski definition) is 5. The van der Waals surface area contributed by atoms with E-state index in [1.807, 2.05) is 25.1 Å². The largest absolute Gasteiger partial charge is 0.497 e. The molecule has 0 unspecified atom stereocenters. The third-order valence-corrected chi connectivity index (χ3v) is 5.87. The maximum atomic E-state index is 13.8. The molecule has 0 atom stereocenters. The topological polar surface area (TPSA) is 102 Å². The molecule has 0 fully saturated rings. The number of methoxy groups -OCH3 is 1. The summed E-state index contributed by atoms with van der Waals surface area (Å²) < 4.78 is 6.57. The van der Waals surface area contributed by atoms with Gasteiger partial charge in [-0.3, -0.25) is 19.0 Å². The van der Waals surface area contributed by atoms with Crippen molar-refractivity contribution in [1.29, 1.82) is 0 Å². The van der Waals surface area contributed by atoms with Gasteiger partial charge in [-0.2, -0.15) is 0 Å². The Bertz CT molecular complexity index is 1480. The van der Waals surface area contributed by atoms with Gasteiger partial charge in [0.05, 0.1) is 23.8 Å². The number of carbonyl (C=O) groups excluding carboxylic acids is 2. The predicted molar refractivity (Wildman–Crippen MR) is 141 cm³/mol. The van der Waals surface area contributed by atoms with Crippen LogP contribution in [0.25, 0.3) is 22.3 Å². The van der Waals surface area contributed by atoms with Crippen LogP contribution in [-0.4, -0.2) is 28.5 Å². The van der Waals surface area contributed by atoms with Gasteiger partial charge < -0.3 is 15.4 Å². The highest BCUT2D eigenvalue weighted by Crippen LogP contribution is 2.28. The smallest absolute Gasteiger partial charge is 0.278 e. The number of fused-ring (bicyclic) bond motifs is 1. The van der Waals surface area contributed by atoms with Gasteiger partial charge in [-0.15, -0.1) is 0 Å². The summed E-state index contributed by atoms with van der Waals surface area (Å²) in [7, 11) is 1.57. The summed E-state index contributed by atoms with van der Waals surface area (Å²) in [5, 5.41) is 5.70. The maximum absolute atomic E-state index is 13.8. The van der Waals surface area contributed by atoms with Crippen LogP contribution in [0.15, 0.2) is 71.5 Å². The van der Waals surface area contributed by atoms with Crippen LogP contribution in [0.2, 0.25) is 0 Å². The molecular weight excluding hydrogens is 456 g/mol. The summed E-state index contributed by atoms with van der Waals surface area (Å²) in [6.07, 6.45) is 1.05. The summed E-state index contributed by atoms with van der Waals surface area (Å²) in [5.41, 5.74) is 3.49. The molecule has 2 amide bonds. The van der Waals surface area contributed by atoms with Crippen LogP contribution >= 0.6 is 0 Å². The summed E-state index contributed by atoms with van der Waals surface area (Å²) >= 11 is 0. The number of nitrogens with one attached hydrogen (secondary N) is 2. The fourth-order valence-corrected chi connectivity index (χ4v) is 3.90. The van der Waals surface area contributed by atoms with Gasteiger partial charge in [0.15, 0.2) is 0 Å². The van der Waals surface area contributed by atoms with Crippen molar-refractivity contribution >= 4 is 34.2 Å². The van der Waals surface area contributed by atoms with Gasteiger partial charge in [-0.25, -0.2) is 4.98 Å². The molecule has 2 N–H and O–H groups in total. The van der Waals surface area contributed by atoms with E-state index in [0.717, 1.165) is 12.0 Å². The molecule has 0 aliphatic heterocycles. The fourth-order valence-electron chi connectivity index (χ4n) is 3.90. The fraction of sp³-hybridized carbons (Fsp3) is 0.214. The Balaban J connectivity index is 1.79. The molecule has 0 saturated heterocycles. The van der Waals surface area contributed by atoms with Gasteiger partial charge in [-0.1, -0.05) is 32.0 Å². The number of hydrogen-bond donors (Lipinski definition) is 2. The highest BCUT2D eigenvalue weighted by Gasteiger charge is 2.19. The van der Waals surface area contributed by atoms with Crippen molar-refractivity contribution in [2.45, 2.75) is 33.2 Å². The van der Waals surface area contributed by atoms with Crippen LogP contribution in [0.4, 0.5) is 11.4 Å². The molecule has 8 heteroatoms. The lowest BCUT2D eigenvalue weighted by atomic mass is 10.0. The third-order valence-electron chi connectivity index (χ3n) is 5.87. The first-order valence-electron chi connectivity index (χ1n) is 11.8. The Labute approximate surface area is 208 Å². The van der Waals surface area contributed by atoms with Crippen molar-refractivity contribution < 1.29 is 14.3 Å². The monoisotopic (exact) mass is 484 g/mol. The van der Waals surface area contributed by atoms with Gasteiger partial charge in [0.2, 0.25) is 11.8 Å². The number of para-hydroxylation sites is 2. The molecule has 184 valence electrons. The van der Waals surface area contributed by atoms with E-state index in [1.54, 1.807) is 62.6 Å². The second kappa shape index (κ2) is 10.9. The van der Waals surface area contributed by atoms with Gasteiger partial charge in [0.25, 0.3) is 5.56 Å². The average Bonchev–Trinajstić information content (AvgIpc) is 2.90. The zero-order chi connectivity index (χ0) is 25.7. The minimum Gasteiger partial charge on any atom is -0.497 e. The summed E-state index contributed by atoms with van der Waals surface area (Å²) in [6.45, 7) is 3.57. The summed E-state index contributed by atoms with van der Waals surface area (Å²) in [4.78, 5) is 43.5. The molecule has 0 saturated carbocycles. The normalized spacial score (nSPS) is 10.8. The molecule has 36 heavy (non-hydrogen) atoms. The number of ether oxygens (including phenoxy) is 1. The Hall–Kier alpha value is -4.46. The number of benzene rings is 3. The molecule has 4 aromatic rings. The van der Waals surface area contributed by atoms with Crippen molar-refractivity contribution in [3.05, 3.63) is 82.6 Å². The number of aryl methyl sites for hydroxylation is 1. The van der Waals surface area contributed by atoms with E-state index in [1.165, 1.54) is 4.57 Å². The quantitative estimate of drug-likeness (QED) is 0.380. The lowest BCUT2D eigenvalue weighted by Crippen LogP contribution is -2.30. The standard InChI is InChI=1S/C28H28N4O4/c1-4-18-10-15-22(30-25(33)5-2)21(16-18)27-28(35)32(24-9-7-6-8-23(24)31-27)17-26(34)29-19-11-13-20(36-3)14-12-19/h6-16H,4-5,17H2,1-3H3,(H,29,34)(H,30,33). The second-order valence-corrected chi connectivity index (χ2v) is 8.25. The van der Waals surface area contributed by atoms with Crippen LogP contribution in [0.5, 0.6) is 5.75 Å². The Kier molecular flexibility index (Phi) is 7.44. The van der Waals surface area contributed by atoms with Gasteiger partial charge in [0.1, 0.15) is 18.0 Å². The minimum atomic E-state index is -0.418. The van der Waals surface area contributed by atoms with E-state index in [9.17, 15) is 14.4 Å². The van der Waals surface area contributed by atoms with Crippen molar-refractivity contribution in [2.24, 2.45) is 0 Å². The molecule has 0 spiro atoms. The maximum Gasteiger partial charge on any atom is 0.278 e. The zero-order valence-electron chi connectivity index (χ0n) is 20.5. The number of carbonyl (C=O) groups is 2. The van der Waals surface area contributed by atoms with E-state index >= 15 is 0 Å². The van der Waals surface area contributed by atoms with Crippen molar-refractivity contribution in [2.75, 3.05) is 17.7 Å². The van der Waals surface area contributed by atoms with E-state index in [-0.39, 0.29) is 24.1 Å². The SMILES string of the molecule is CCC(=O)Nc1ccc(CC)cc1-c1nc2ccccc2n(CC(=O)Nc2ccc(OC)cc2)c1=O. The summed E-state index contributed by atoms with van der Waals surface area (Å²) in [6, 6.07) is 19.7. The lowest BCUT2D eigenvalue weighted by Gasteiger charge is -2.15. The number of nitrogens with zero attached hydrogens (tertiary/aromatic N) is 2. The molecule has 0 aliphatic carbocycles. The second-order valence-electron chi connectivity index (χ2n) is 8.25. The number of aromatic nitrogens is 2. The molecule has 1 aromatic heterocycles. The Morgan fingerprint density at radius 3 is 2.39 bits per heavy atom. The molecule has 4 rings (SSSR count). The zero-order valence-corrected chi connectivity index (χ0v) is 20.5. The van der Waals surface area contributed by atoms with E-state index < -0.39 is 5.56 Å². The van der Waals surface area contributed by atoms with Crippen molar-refractivity contribution in [3.63, 3.8) is 0 Å². The van der Waals surface area contributed by atoms with Crippen LogP contribution in [0.3, 0.4) is 0 Å². The van der Waals surface area contributed by atoms with Crippen molar-refractivity contribution in [1.82, 2.24) is 9.55 Å². The third kappa shape index (κ3) is 5.27. The average molecular weight is 485 g/mol. The first kappa shape index (κ1) is 24.7. The highest BCUT2D eigenvalue weighted by molar-refractivity contribution is 5.96. The van der Waals surface area contributed by atoms with Crippen LogP contribution in [-0.2, 0) is 22.6 Å². The van der Waals surface area contributed by atoms with Crippen LogP contribution in [0, 0.1) is 0 Å². The molecular formula is C28H28N4O4. The molecule has 3 aromatic carbocycles. The van der Waals surface area contributed by atoms with Gasteiger partial charge >= 0.3 is 0 Å². The first-order valence-corrected chi connectivity index (χ1v) is 11.8. The Morgan fingerprint density at radius 1 is 0.944 bits per heavy atom. The van der Waals surface area contributed by atoms with E-state index in [2.05, 4.69) is 15.6 Å². The lowest BCUT2D eigenvalue weighted by molar-refractivity contribution is -0.117. The van der Waals surface area contributed by atoms with E-state index in [4.69, 9.17) is 4.74 Å². The molecule has 1 heterocycles. The van der Waals surface area contributed by atoms with Crippen molar-refractivity contribution in [3.8, 4) is 17.0 Å². The summed E-state index contributed by atoms with van der Waals surface area (Å²) in [5.74, 6) is 0.154. The molecule has 0 aliphatic rings. The molecule has 0 bridgehead atoms.